The van der Waals surface area contributed by atoms with Crippen molar-refractivity contribution in [2.75, 3.05) is 20.8 Å². The van der Waals surface area contributed by atoms with Crippen molar-refractivity contribution in [3.63, 3.8) is 0 Å². The van der Waals surface area contributed by atoms with E-state index in [2.05, 4.69) is 9.47 Å². The first kappa shape index (κ1) is 22.1. The van der Waals surface area contributed by atoms with Gasteiger partial charge in [-0.15, -0.1) is 0 Å². The molecule has 1 aromatic carbocycles. The molecule has 0 aliphatic carbocycles. The molecular weight excluding hydrogens is 401 g/mol. The zero-order valence-electron chi connectivity index (χ0n) is 15.6. The fraction of sp³-hybridized carbons (Fsp3) is 0.389. The molecule has 0 amide bonds. The molecule has 0 bridgehead atoms. The number of alkyl halides is 3. The standard InChI is InChI=1S/C18H17F3O8/c1-4-27-16(23)14(29-17(24)18(19,20)21)5-9-6-15(22)28-11-8-13(26-3)12(25-2)7-10(9)11/h6-8,14H,4-5H2,1-3H3/t14-/m0/s1. The Kier molecular flexibility index (Phi) is 6.72. The highest BCUT2D eigenvalue weighted by Gasteiger charge is 2.43. The van der Waals surface area contributed by atoms with Crippen molar-refractivity contribution in [3.8, 4) is 11.5 Å². The number of hydrogen-bond donors (Lipinski definition) is 0. The Morgan fingerprint density at radius 1 is 1.10 bits per heavy atom. The Morgan fingerprint density at radius 3 is 2.28 bits per heavy atom. The number of rotatable bonds is 7. The number of carbonyl (C=O) groups is 2. The Balaban J connectivity index is 2.52. The van der Waals surface area contributed by atoms with E-state index in [1.54, 1.807) is 0 Å². The first-order valence-corrected chi connectivity index (χ1v) is 8.23. The van der Waals surface area contributed by atoms with Crippen LogP contribution in [0.5, 0.6) is 11.5 Å². The summed E-state index contributed by atoms with van der Waals surface area (Å²) in [6.07, 6.45) is -7.79. The van der Waals surface area contributed by atoms with Crippen LogP contribution in [0.3, 0.4) is 0 Å². The third-order valence-corrected chi connectivity index (χ3v) is 3.77. The molecule has 0 N–H and O–H groups in total. The van der Waals surface area contributed by atoms with E-state index >= 15 is 0 Å². The van der Waals surface area contributed by atoms with Gasteiger partial charge in [0.25, 0.3) is 0 Å². The minimum absolute atomic E-state index is 0.0370. The molecule has 11 heteroatoms. The Labute approximate surface area is 162 Å². The minimum atomic E-state index is -5.31. The maximum Gasteiger partial charge on any atom is 0.490 e. The van der Waals surface area contributed by atoms with Crippen molar-refractivity contribution in [3.05, 3.63) is 34.2 Å². The van der Waals surface area contributed by atoms with Crippen molar-refractivity contribution in [2.24, 2.45) is 0 Å². The van der Waals surface area contributed by atoms with Crippen LogP contribution in [-0.2, 0) is 25.5 Å². The van der Waals surface area contributed by atoms with Crippen molar-refractivity contribution in [1.82, 2.24) is 0 Å². The number of carbonyl (C=O) groups excluding carboxylic acids is 2. The number of methoxy groups -OCH3 is 2. The second-order valence-corrected chi connectivity index (χ2v) is 5.64. The molecule has 0 saturated carbocycles. The summed E-state index contributed by atoms with van der Waals surface area (Å²) < 4.78 is 62.0. The van der Waals surface area contributed by atoms with Gasteiger partial charge in [-0.3, -0.25) is 0 Å². The van der Waals surface area contributed by atoms with Gasteiger partial charge in [0, 0.05) is 23.9 Å². The zero-order valence-corrected chi connectivity index (χ0v) is 15.6. The van der Waals surface area contributed by atoms with E-state index in [4.69, 9.17) is 13.9 Å². The molecule has 2 aromatic rings. The van der Waals surface area contributed by atoms with Crippen molar-refractivity contribution in [1.29, 1.82) is 0 Å². The van der Waals surface area contributed by atoms with Gasteiger partial charge in [-0.1, -0.05) is 0 Å². The lowest BCUT2D eigenvalue weighted by Crippen LogP contribution is -2.36. The van der Waals surface area contributed by atoms with E-state index in [1.165, 1.54) is 33.3 Å². The van der Waals surface area contributed by atoms with Gasteiger partial charge in [-0.05, 0) is 18.6 Å². The molecule has 2 rings (SSSR count). The third kappa shape index (κ3) is 5.18. The number of halogens is 3. The second-order valence-electron chi connectivity index (χ2n) is 5.64. The van der Waals surface area contributed by atoms with Crippen LogP contribution >= 0.6 is 0 Å². The molecule has 0 aliphatic rings. The average molecular weight is 418 g/mol. The normalized spacial score (nSPS) is 12.3. The topological polar surface area (TPSA) is 101 Å². The molecule has 0 aliphatic heterocycles. The fourth-order valence-corrected chi connectivity index (χ4v) is 2.53. The Hall–Kier alpha value is -3.24. The van der Waals surface area contributed by atoms with Gasteiger partial charge in [-0.25, -0.2) is 14.4 Å². The molecular formula is C18H17F3O8. The number of fused-ring (bicyclic) bond motifs is 1. The van der Waals surface area contributed by atoms with Gasteiger partial charge in [-0.2, -0.15) is 13.2 Å². The van der Waals surface area contributed by atoms with E-state index in [-0.39, 0.29) is 34.6 Å². The van der Waals surface area contributed by atoms with Crippen LogP contribution < -0.4 is 15.1 Å². The molecule has 0 radical (unpaired) electrons. The van der Waals surface area contributed by atoms with E-state index < -0.39 is 36.3 Å². The van der Waals surface area contributed by atoms with E-state index in [9.17, 15) is 27.6 Å². The van der Waals surface area contributed by atoms with Crippen LogP contribution in [0.1, 0.15) is 12.5 Å². The first-order chi connectivity index (χ1) is 13.6. The Morgan fingerprint density at radius 2 is 1.72 bits per heavy atom. The smallest absolute Gasteiger partial charge is 0.490 e. The lowest BCUT2D eigenvalue weighted by molar-refractivity contribution is -0.208. The molecule has 0 unspecified atom stereocenters. The second kappa shape index (κ2) is 8.84. The highest BCUT2D eigenvalue weighted by Crippen LogP contribution is 2.33. The van der Waals surface area contributed by atoms with Crippen molar-refractivity contribution >= 4 is 22.9 Å². The zero-order chi connectivity index (χ0) is 21.8. The van der Waals surface area contributed by atoms with Crippen LogP contribution in [0.2, 0.25) is 0 Å². The van der Waals surface area contributed by atoms with Crippen LogP contribution in [0.15, 0.2) is 27.4 Å². The molecule has 0 fully saturated rings. The van der Waals surface area contributed by atoms with Crippen molar-refractivity contribution in [2.45, 2.75) is 25.6 Å². The van der Waals surface area contributed by atoms with Gasteiger partial charge < -0.3 is 23.4 Å². The van der Waals surface area contributed by atoms with E-state index in [0.717, 1.165) is 6.07 Å². The summed E-state index contributed by atoms with van der Waals surface area (Å²) >= 11 is 0. The third-order valence-electron chi connectivity index (χ3n) is 3.77. The molecule has 158 valence electrons. The molecule has 0 saturated heterocycles. The molecule has 1 heterocycles. The lowest BCUT2D eigenvalue weighted by Gasteiger charge is -2.18. The number of ether oxygens (including phenoxy) is 4. The predicted molar refractivity (Wildman–Crippen MR) is 91.9 cm³/mol. The van der Waals surface area contributed by atoms with Gasteiger partial charge >= 0.3 is 23.7 Å². The lowest BCUT2D eigenvalue weighted by atomic mass is 10.0. The quantitative estimate of drug-likeness (QED) is 0.499. The molecule has 0 spiro atoms. The fourth-order valence-electron chi connectivity index (χ4n) is 2.53. The van der Waals surface area contributed by atoms with E-state index in [1.807, 2.05) is 0 Å². The SMILES string of the molecule is CCOC(=O)[C@H](Cc1cc(=O)oc2cc(OC)c(OC)cc12)OC(=O)C(F)(F)F. The summed E-state index contributed by atoms with van der Waals surface area (Å²) in [7, 11) is 2.72. The minimum Gasteiger partial charge on any atom is -0.493 e. The van der Waals surface area contributed by atoms with E-state index in [0.29, 0.717) is 0 Å². The summed E-state index contributed by atoms with van der Waals surface area (Å²) in [6, 6.07) is 3.74. The highest BCUT2D eigenvalue weighted by atomic mass is 19.4. The molecule has 8 nitrogen and oxygen atoms in total. The summed E-state index contributed by atoms with van der Waals surface area (Å²) in [5.41, 5.74) is -0.704. The van der Waals surface area contributed by atoms with Crippen molar-refractivity contribution < 1.29 is 46.1 Å². The summed E-state index contributed by atoms with van der Waals surface area (Å²) in [5, 5.41) is 0.250. The molecule has 29 heavy (non-hydrogen) atoms. The number of esters is 2. The van der Waals surface area contributed by atoms with Crippen LogP contribution in [0.25, 0.3) is 11.0 Å². The average Bonchev–Trinajstić information content (AvgIpc) is 2.65. The van der Waals surface area contributed by atoms with Crippen LogP contribution in [0.4, 0.5) is 13.2 Å². The summed E-state index contributed by atoms with van der Waals surface area (Å²) in [6.45, 7) is 1.28. The van der Waals surface area contributed by atoms with Gasteiger partial charge in [0.1, 0.15) is 5.58 Å². The Bertz CT molecular complexity index is 964. The van der Waals surface area contributed by atoms with Gasteiger partial charge in [0.15, 0.2) is 11.5 Å². The summed E-state index contributed by atoms with van der Waals surface area (Å²) in [5.74, 6) is -3.25. The van der Waals surface area contributed by atoms with Gasteiger partial charge in [0.05, 0.1) is 20.8 Å². The highest BCUT2D eigenvalue weighted by molar-refractivity contribution is 5.86. The van der Waals surface area contributed by atoms with Crippen LogP contribution in [0, 0.1) is 0 Å². The summed E-state index contributed by atoms with van der Waals surface area (Å²) in [4.78, 5) is 35.1. The predicted octanol–water partition coefficient (Wildman–Crippen LogP) is 2.39. The van der Waals surface area contributed by atoms with Gasteiger partial charge in [0.2, 0.25) is 6.10 Å². The monoisotopic (exact) mass is 418 g/mol. The van der Waals surface area contributed by atoms with Crippen LogP contribution in [-0.4, -0.2) is 45.0 Å². The largest absolute Gasteiger partial charge is 0.493 e. The number of hydrogen-bond acceptors (Lipinski definition) is 8. The maximum atomic E-state index is 12.6. The number of benzene rings is 1. The molecule has 1 aromatic heterocycles. The maximum absolute atomic E-state index is 12.6. The first-order valence-electron chi connectivity index (χ1n) is 8.23. The molecule has 1 atom stereocenters.